The summed E-state index contributed by atoms with van der Waals surface area (Å²) in [6, 6.07) is 9.10. The molecule has 21 heavy (non-hydrogen) atoms. The lowest BCUT2D eigenvalue weighted by molar-refractivity contribution is 0.0701. The molecule has 0 atom stereocenters. The van der Waals surface area contributed by atoms with E-state index in [4.69, 9.17) is 5.11 Å². The Kier molecular flexibility index (Phi) is 5.03. The molecule has 6 heteroatoms. The van der Waals surface area contributed by atoms with Crippen LogP contribution in [0.2, 0.25) is 0 Å². The van der Waals surface area contributed by atoms with Crippen molar-refractivity contribution in [2.45, 2.75) is 12.7 Å². The van der Waals surface area contributed by atoms with Gasteiger partial charge >= 0.3 is 5.97 Å². The van der Waals surface area contributed by atoms with Crippen molar-refractivity contribution in [3.63, 3.8) is 0 Å². The standard InChI is InChI=1S/C15H15NO3S2/c1-9-6-12(21-13(9)15(18)19)16-14(17)11-5-3-4-10(7-11)8-20-2/h3-7H,8H2,1-2H3,(H,16,17)(H,18,19). The number of hydrogen-bond acceptors (Lipinski definition) is 4. The van der Waals surface area contributed by atoms with E-state index in [1.54, 1.807) is 30.8 Å². The summed E-state index contributed by atoms with van der Waals surface area (Å²) in [4.78, 5) is 23.5. The van der Waals surface area contributed by atoms with Crippen LogP contribution in [0.4, 0.5) is 5.00 Å². The van der Waals surface area contributed by atoms with E-state index in [1.807, 2.05) is 24.5 Å². The maximum atomic E-state index is 12.2. The van der Waals surface area contributed by atoms with Gasteiger partial charge in [-0.3, -0.25) is 4.79 Å². The van der Waals surface area contributed by atoms with Crippen molar-refractivity contribution >= 4 is 40.0 Å². The first-order chi connectivity index (χ1) is 10.0. The van der Waals surface area contributed by atoms with Crippen molar-refractivity contribution in [3.05, 3.63) is 51.9 Å². The lowest BCUT2D eigenvalue weighted by Crippen LogP contribution is -2.11. The molecule has 0 radical (unpaired) electrons. The van der Waals surface area contributed by atoms with Crippen LogP contribution in [0.25, 0.3) is 0 Å². The Morgan fingerprint density at radius 1 is 1.33 bits per heavy atom. The molecule has 0 aliphatic heterocycles. The van der Waals surface area contributed by atoms with E-state index < -0.39 is 5.97 Å². The van der Waals surface area contributed by atoms with Crippen molar-refractivity contribution in [3.8, 4) is 0 Å². The molecule has 4 nitrogen and oxygen atoms in total. The minimum absolute atomic E-state index is 0.226. The van der Waals surface area contributed by atoms with Crippen LogP contribution < -0.4 is 5.32 Å². The summed E-state index contributed by atoms with van der Waals surface area (Å²) in [7, 11) is 0. The van der Waals surface area contributed by atoms with Gasteiger partial charge in [0.05, 0.1) is 5.00 Å². The third kappa shape index (κ3) is 3.86. The average Bonchev–Trinajstić information content (AvgIpc) is 2.80. The number of thiophene rings is 1. The summed E-state index contributed by atoms with van der Waals surface area (Å²) in [6.45, 7) is 1.72. The molecule has 110 valence electrons. The Balaban J connectivity index is 2.16. The molecule has 0 fully saturated rings. The minimum atomic E-state index is -0.972. The fraction of sp³-hybridized carbons (Fsp3) is 0.200. The topological polar surface area (TPSA) is 66.4 Å². The largest absolute Gasteiger partial charge is 0.477 e. The number of amides is 1. The van der Waals surface area contributed by atoms with Gasteiger partial charge in [0.2, 0.25) is 0 Å². The van der Waals surface area contributed by atoms with Gasteiger partial charge in [0.15, 0.2) is 0 Å². The number of benzene rings is 1. The molecule has 2 N–H and O–H groups in total. The summed E-state index contributed by atoms with van der Waals surface area (Å²) in [5, 5.41) is 12.3. The Morgan fingerprint density at radius 3 is 2.71 bits per heavy atom. The number of carbonyl (C=O) groups is 2. The van der Waals surface area contributed by atoms with Gasteiger partial charge in [-0.15, -0.1) is 11.3 Å². The number of nitrogens with one attached hydrogen (secondary N) is 1. The molecule has 2 aromatic rings. The van der Waals surface area contributed by atoms with E-state index in [2.05, 4.69) is 5.32 Å². The molecule has 0 bridgehead atoms. The zero-order chi connectivity index (χ0) is 15.4. The number of carbonyl (C=O) groups excluding carboxylic acids is 1. The fourth-order valence-corrected chi connectivity index (χ4v) is 3.33. The molecule has 2 rings (SSSR count). The second kappa shape index (κ2) is 6.78. The summed E-state index contributed by atoms with van der Waals surface area (Å²) >= 11 is 2.76. The van der Waals surface area contributed by atoms with Crippen molar-refractivity contribution in [1.29, 1.82) is 0 Å². The highest BCUT2D eigenvalue weighted by atomic mass is 32.2. The van der Waals surface area contributed by atoms with Gasteiger partial charge in [0, 0.05) is 11.3 Å². The SMILES string of the molecule is CSCc1cccc(C(=O)Nc2cc(C)c(C(=O)O)s2)c1. The second-order valence-electron chi connectivity index (χ2n) is 4.52. The van der Waals surface area contributed by atoms with Gasteiger partial charge in [-0.2, -0.15) is 11.8 Å². The van der Waals surface area contributed by atoms with Crippen molar-refractivity contribution in [2.24, 2.45) is 0 Å². The average molecular weight is 321 g/mol. The highest BCUT2D eigenvalue weighted by Gasteiger charge is 2.14. The van der Waals surface area contributed by atoms with Crippen molar-refractivity contribution in [2.75, 3.05) is 11.6 Å². The smallest absolute Gasteiger partial charge is 0.346 e. The molecule has 1 amide bonds. The van der Waals surface area contributed by atoms with Gasteiger partial charge in [-0.1, -0.05) is 12.1 Å². The number of hydrogen-bond donors (Lipinski definition) is 2. The number of aryl methyl sites for hydroxylation is 1. The lowest BCUT2D eigenvalue weighted by Gasteiger charge is -2.04. The zero-order valence-electron chi connectivity index (χ0n) is 11.7. The highest BCUT2D eigenvalue weighted by Crippen LogP contribution is 2.27. The molecule has 0 unspecified atom stereocenters. The van der Waals surface area contributed by atoms with Crippen LogP contribution in [-0.4, -0.2) is 23.2 Å². The summed E-state index contributed by atoms with van der Waals surface area (Å²) in [5.74, 6) is -0.348. The summed E-state index contributed by atoms with van der Waals surface area (Å²) in [6.07, 6.45) is 2.01. The van der Waals surface area contributed by atoms with E-state index in [1.165, 1.54) is 0 Å². The molecular weight excluding hydrogens is 306 g/mol. The molecule has 0 saturated heterocycles. The molecule has 1 aromatic heterocycles. The molecule has 1 aromatic carbocycles. The molecule has 1 heterocycles. The third-order valence-corrected chi connectivity index (χ3v) is 4.61. The van der Waals surface area contributed by atoms with Crippen LogP contribution in [-0.2, 0) is 5.75 Å². The minimum Gasteiger partial charge on any atom is -0.477 e. The van der Waals surface area contributed by atoms with E-state index in [-0.39, 0.29) is 10.8 Å². The Bertz CT molecular complexity index is 679. The Hall–Kier alpha value is -1.79. The van der Waals surface area contributed by atoms with Gasteiger partial charge < -0.3 is 10.4 Å². The maximum Gasteiger partial charge on any atom is 0.346 e. The molecular formula is C15H15NO3S2. The number of thioether (sulfide) groups is 1. The van der Waals surface area contributed by atoms with Crippen molar-refractivity contribution in [1.82, 2.24) is 0 Å². The van der Waals surface area contributed by atoms with Gasteiger partial charge in [0.1, 0.15) is 4.88 Å². The normalized spacial score (nSPS) is 10.4. The quantitative estimate of drug-likeness (QED) is 0.877. The number of aromatic carboxylic acids is 1. The second-order valence-corrected chi connectivity index (χ2v) is 6.43. The number of rotatable bonds is 5. The van der Waals surface area contributed by atoms with E-state index in [9.17, 15) is 9.59 Å². The number of carboxylic acid groups (broad SMARTS) is 1. The number of carboxylic acids is 1. The van der Waals surface area contributed by atoms with Crippen LogP contribution in [0.1, 0.15) is 31.2 Å². The zero-order valence-corrected chi connectivity index (χ0v) is 13.3. The summed E-state index contributed by atoms with van der Waals surface area (Å²) < 4.78 is 0. The van der Waals surface area contributed by atoms with Crippen LogP contribution in [0.3, 0.4) is 0 Å². The monoisotopic (exact) mass is 321 g/mol. The van der Waals surface area contributed by atoms with Gasteiger partial charge in [-0.25, -0.2) is 4.79 Å². The maximum absolute atomic E-state index is 12.2. The summed E-state index contributed by atoms with van der Waals surface area (Å²) in [5.41, 5.74) is 2.31. The molecule has 0 saturated carbocycles. The van der Waals surface area contributed by atoms with Gasteiger partial charge in [-0.05, 0) is 42.5 Å². The van der Waals surface area contributed by atoms with Crippen LogP contribution in [0.5, 0.6) is 0 Å². The van der Waals surface area contributed by atoms with Crippen LogP contribution >= 0.6 is 23.1 Å². The predicted octanol–water partition coefficient (Wildman–Crippen LogP) is 3.87. The Labute approximate surface area is 131 Å². The van der Waals surface area contributed by atoms with Crippen molar-refractivity contribution < 1.29 is 14.7 Å². The van der Waals surface area contributed by atoms with E-state index >= 15 is 0 Å². The lowest BCUT2D eigenvalue weighted by atomic mass is 10.1. The fourth-order valence-electron chi connectivity index (χ4n) is 1.91. The highest BCUT2D eigenvalue weighted by molar-refractivity contribution is 7.97. The molecule has 0 aliphatic rings. The first-order valence-electron chi connectivity index (χ1n) is 6.24. The Morgan fingerprint density at radius 2 is 2.10 bits per heavy atom. The predicted molar refractivity (Wildman–Crippen MR) is 87.6 cm³/mol. The molecule has 0 spiro atoms. The van der Waals surface area contributed by atoms with E-state index in [0.717, 1.165) is 22.7 Å². The van der Waals surface area contributed by atoms with Crippen LogP contribution in [0.15, 0.2) is 30.3 Å². The third-order valence-electron chi connectivity index (χ3n) is 2.85. The van der Waals surface area contributed by atoms with E-state index in [0.29, 0.717) is 16.1 Å². The van der Waals surface area contributed by atoms with Gasteiger partial charge in [0.25, 0.3) is 5.91 Å². The number of anilines is 1. The first-order valence-corrected chi connectivity index (χ1v) is 8.45. The first kappa shape index (κ1) is 15.6. The molecule has 0 aliphatic carbocycles. The van der Waals surface area contributed by atoms with Crippen LogP contribution in [0, 0.1) is 6.92 Å².